The second kappa shape index (κ2) is 5.38. The molecule has 0 spiro atoms. The quantitative estimate of drug-likeness (QED) is 0.793. The fourth-order valence-corrected chi connectivity index (χ4v) is 3.33. The average molecular weight is 294 g/mol. The molecule has 2 aliphatic rings. The Morgan fingerprint density at radius 3 is 2.95 bits per heavy atom. The number of hydrogen-bond donors (Lipinski definition) is 0. The highest BCUT2D eigenvalue weighted by Gasteiger charge is 2.53. The van der Waals surface area contributed by atoms with Gasteiger partial charge in [-0.2, -0.15) is 0 Å². The number of aromatic nitrogens is 2. The number of piperidine rings is 1. The van der Waals surface area contributed by atoms with Crippen LogP contribution >= 0.6 is 0 Å². The first-order valence-electron chi connectivity index (χ1n) is 7.36. The first kappa shape index (κ1) is 14.5. The lowest BCUT2D eigenvalue weighted by atomic mass is 9.76. The van der Waals surface area contributed by atoms with E-state index in [0.717, 1.165) is 19.4 Å². The zero-order valence-corrected chi connectivity index (χ0v) is 12.8. The number of carbonyl (C=O) groups is 1. The van der Waals surface area contributed by atoms with Gasteiger partial charge in [0.1, 0.15) is 0 Å². The maximum atomic E-state index is 12.4. The number of nitrogens with zero attached hydrogens (tertiary/aromatic N) is 4. The largest absolute Gasteiger partial charge is 0.425 e. The van der Waals surface area contributed by atoms with Crippen LogP contribution in [0, 0.1) is 6.92 Å². The molecule has 1 aromatic heterocycles. The lowest BCUT2D eigenvalue weighted by molar-refractivity contribution is -0.136. The SMILES string of the molecule is Cc1nnc([C@@]23CCO[C@@H]2CCN(C(=O)CN(C)C)C3)o1. The molecule has 2 atom stereocenters. The first-order chi connectivity index (χ1) is 10.0. The van der Waals surface area contributed by atoms with Gasteiger partial charge >= 0.3 is 0 Å². The Morgan fingerprint density at radius 1 is 1.48 bits per heavy atom. The molecule has 0 unspecified atom stereocenters. The van der Waals surface area contributed by atoms with Crippen molar-refractivity contribution in [2.45, 2.75) is 31.3 Å². The molecule has 0 aliphatic carbocycles. The van der Waals surface area contributed by atoms with Gasteiger partial charge in [0.2, 0.25) is 17.7 Å². The summed E-state index contributed by atoms with van der Waals surface area (Å²) in [6, 6.07) is 0. The van der Waals surface area contributed by atoms with Crippen LogP contribution in [0.4, 0.5) is 0 Å². The van der Waals surface area contributed by atoms with Crippen molar-refractivity contribution < 1.29 is 13.9 Å². The highest BCUT2D eigenvalue weighted by atomic mass is 16.5. The van der Waals surface area contributed by atoms with E-state index >= 15 is 0 Å². The fraction of sp³-hybridized carbons (Fsp3) is 0.786. The molecule has 3 rings (SSSR count). The first-order valence-corrected chi connectivity index (χ1v) is 7.36. The Kier molecular flexibility index (Phi) is 3.71. The van der Waals surface area contributed by atoms with E-state index in [1.165, 1.54) is 0 Å². The van der Waals surface area contributed by atoms with Crippen LogP contribution in [0.2, 0.25) is 0 Å². The number of likely N-dealkylation sites (tertiary alicyclic amines) is 1. The normalized spacial score (nSPS) is 29.0. The molecule has 0 radical (unpaired) electrons. The van der Waals surface area contributed by atoms with Crippen molar-refractivity contribution in [3.8, 4) is 0 Å². The molecule has 2 fully saturated rings. The summed E-state index contributed by atoms with van der Waals surface area (Å²) in [7, 11) is 3.81. The number of aryl methyl sites for hydroxylation is 1. The number of carbonyl (C=O) groups excluding carboxylic acids is 1. The third-order valence-electron chi connectivity index (χ3n) is 4.37. The Balaban J connectivity index is 1.84. The molecule has 2 saturated heterocycles. The maximum Gasteiger partial charge on any atom is 0.236 e. The Bertz CT molecular complexity index is 530. The minimum Gasteiger partial charge on any atom is -0.425 e. The van der Waals surface area contributed by atoms with Gasteiger partial charge in [-0.05, 0) is 26.9 Å². The molecular formula is C14H22N4O3. The summed E-state index contributed by atoms with van der Waals surface area (Å²) in [5.74, 6) is 1.31. The van der Waals surface area contributed by atoms with Crippen LogP contribution in [0.1, 0.15) is 24.6 Å². The van der Waals surface area contributed by atoms with E-state index < -0.39 is 0 Å². The van der Waals surface area contributed by atoms with Gasteiger partial charge < -0.3 is 19.0 Å². The molecule has 116 valence electrons. The van der Waals surface area contributed by atoms with E-state index in [4.69, 9.17) is 9.15 Å². The summed E-state index contributed by atoms with van der Waals surface area (Å²) in [5, 5.41) is 8.16. The molecule has 0 saturated carbocycles. The van der Waals surface area contributed by atoms with Crippen molar-refractivity contribution >= 4 is 5.91 Å². The van der Waals surface area contributed by atoms with Crippen molar-refractivity contribution in [2.24, 2.45) is 0 Å². The van der Waals surface area contributed by atoms with E-state index in [1.54, 1.807) is 6.92 Å². The summed E-state index contributed by atoms with van der Waals surface area (Å²) in [5.41, 5.74) is -0.332. The molecule has 1 aromatic rings. The number of ether oxygens (including phenoxy) is 1. The number of likely N-dealkylation sites (N-methyl/N-ethyl adjacent to an activating group) is 1. The zero-order chi connectivity index (χ0) is 15.0. The topological polar surface area (TPSA) is 71.7 Å². The van der Waals surface area contributed by atoms with Gasteiger partial charge in [-0.25, -0.2) is 0 Å². The molecule has 0 bridgehead atoms. The van der Waals surface area contributed by atoms with Crippen molar-refractivity contribution in [2.75, 3.05) is 40.3 Å². The zero-order valence-electron chi connectivity index (χ0n) is 12.8. The fourth-order valence-electron chi connectivity index (χ4n) is 3.33. The summed E-state index contributed by atoms with van der Waals surface area (Å²) >= 11 is 0. The highest BCUT2D eigenvalue weighted by molar-refractivity contribution is 5.78. The van der Waals surface area contributed by atoms with Gasteiger partial charge in [-0.1, -0.05) is 0 Å². The second-order valence-corrected chi connectivity index (χ2v) is 6.23. The third-order valence-corrected chi connectivity index (χ3v) is 4.37. The minimum atomic E-state index is -0.332. The lowest BCUT2D eigenvalue weighted by Crippen LogP contribution is -2.55. The van der Waals surface area contributed by atoms with E-state index in [0.29, 0.717) is 31.5 Å². The average Bonchev–Trinajstić information content (AvgIpc) is 3.03. The van der Waals surface area contributed by atoms with Crippen LogP contribution in [0.25, 0.3) is 0 Å². The number of hydrogen-bond acceptors (Lipinski definition) is 6. The van der Waals surface area contributed by atoms with E-state index in [9.17, 15) is 4.79 Å². The Labute approximate surface area is 124 Å². The van der Waals surface area contributed by atoms with Crippen LogP contribution in [-0.4, -0.2) is 72.3 Å². The molecule has 21 heavy (non-hydrogen) atoms. The standard InChI is InChI=1S/C14H22N4O3/c1-10-15-16-13(21-10)14-5-7-20-11(14)4-6-18(9-14)12(19)8-17(2)3/h11H,4-9H2,1-3H3/t11-,14-/m1/s1. The summed E-state index contributed by atoms with van der Waals surface area (Å²) < 4.78 is 11.5. The Hall–Kier alpha value is -1.47. The van der Waals surface area contributed by atoms with Crippen molar-refractivity contribution in [1.29, 1.82) is 0 Å². The predicted molar refractivity (Wildman–Crippen MR) is 74.8 cm³/mol. The van der Waals surface area contributed by atoms with E-state index in [2.05, 4.69) is 10.2 Å². The molecule has 7 nitrogen and oxygen atoms in total. The molecule has 7 heteroatoms. The van der Waals surface area contributed by atoms with Crippen LogP contribution in [0.15, 0.2) is 4.42 Å². The summed E-state index contributed by atoms with van der Waals surface area (Å²) in [4.78, 5) is 16.2. The van der Waals surface area contributed by atoms with Crippen molar-refractivity contribution in [1.82, 2.24) is 20.0 Å². The third kappa shape index (κ3) is 2.55. The van der Waals surface area contributed by atoms with E-state index in [1.807, 2.05) is 23.9 Å². The van der Waals surface area contributed by atoms with Crippen molar-refractivity contribution in [3.05, 3.63) is 11.8 Å². The molecular weight excluding hydrogens is 272 g/mol. The van der Waals surface area contributed by atoms with Crippen LogP contribution in [0.3, 0.4) is 0 Å². The van der Waals surface area contributed by atoms with Gasteiger partial charge in [0, 0.05) is 26.6 Å². The van der Waals surface area contributed by atoms with E-state index in [-0.39, 0.29) is 17.4 Å². The highest BCUT2D eigenvalue weighted by Crippen LogP contribution is 2.42. The number of rotatable bonds is 3. The second-order valence-electron chi connectivity index (χ2n) is 6.23. The maximum absolute atomic E-state index is 12.4. The molecule has 3 heterocycles. The number of fused-ring (bicyclic) bond motifs is 1. The predicted octanol–water partition coefficient (Wildman–Crippen LogP) is 0.199. The van der Waals surface area contributed by atoms with Crippen LogP contribution in [-0.2, 0) is 14.9 Å². The van der Waals surface area contributed by atoms with Gasteiger partial charge in [-0.15, -0.1) is 10.2 Å². The van der Waals surface area contributed by atoms with Gasteiger partial charge in [0.25, 0.3) is 0 Å². The van der Waals surface area contributed by atoms with Gasteiger partial charge in [0.15, 0.2) is 0 Å². The minimum absolute atomic E-state index is 0.0701. The molecule has 0 aromatic carbocycles. The van der Waals surface area contributed by atoms with Gasteiger partial charge in [0.05, 0.1) is 18.1 Å². The summed E-state index contributed by atoms with van der Waals surface area (Å²) in [6.45, 7) is 4.22. The number of amides is 1. The summed E-state index contributed by atoms with van der Waals surface area (Å²) in [6.07, 6.45) is 1.71. The van der Waals surface area contributed by atoms with Crippen molar-refractivity contribution in [3.63, 3.8) is 0 Å². The monoisotopic (exact) mass is 294 g/mol. The molecule has 0 N–H and O–H groups in total. The molecule has 2 aliphatic heterocycles. The smallest absolute Gasteiger partial charge is 0.236 e. The van der Waals surface area contributed by atoms with Crippen LogP contribution in [0.5, 0.6) is 0 Å². The van der Waals surface area contributed by atoms with Gasteiger partial charge in [-0.3, -0.25) is 4.79 Å². The molecule has 1 amide bonds. The lowest BCUT2D eigenvalue weighted by Gasteiger charge is -2.41. The Morgan fingerprint density at radius 2 is 2.29 bits per heavy atom. The van der Waals surface area contributed by atoms with Crippen LogP contribution < -0.4 is 0 Å².